The molecule has 0 bridgehead atoms. The number of benzene rings is 1. The summed E-state index contributed by atoms with van der Waals surface area (Å²) in [7, 11) is 0. The van der Waals surface area contributed by atoms with Crippen LogP contribution < -0.4 is 0 Å². The van der Waals surface area contributed by atoms with Crippen molar-refractivity contribution < 1.29 is 4.74 Å². The zero-order valence-electron chi connectivity index (χ0n) is 10.2. The van der Waals surface area contributed by atoms with Crippen molar-refractivity contribution in [2.24, 2.45) is 5.41 Å². The van der Waals surface area contributed by atoms with E-state index >= 15 is 0 Å². The average Bonchev–Trinajstić information content (AvgIpc) is 3.02. The van der Waals surface area contributed by atoms with Gasteiger partial charge >= 0.3 is 0 Å². The van der Waals surface area contributed by atoms with E-state index < -0.39 is 0 Å². The van der Waals surface area contributed by atoms with Gasteiger partial charge in [-0.15, -0.1) is 0 Å². The first-order valence-electron chi connectivity index (χ1n) is 5.87. The molecule has 1 unspecified atom stereocenters. The Bertz CT molecular complexity index is 363. The van der Waals surface area contributed by atoms with Crippen LogP contribution in [-0.4, -0.2) is 12.2 Å². The molecule has 1 aliphatic heterocycles. The van der Waals surface area contributed by atoms with Crippen LogP contribution in [0.15, 0.2) is 24.3 Å². The zero-order chi connectivity index (χ0) is 11.8. The smallest absolute Gasteiger partial charge is 0.0967 e. The van der Waals surface area contributed by atoms with E-state index in [1.807, 2.05) is 12.1 Å². The highest BCUT2D eigenvalue weighted by Crippen LogP contribution is 2.48. The molecule has 1 fully saturated rings. The first-order chi connectivity index (χ1) is 7.49. The van der Waals surface area contributed by atoms with Crippen LogP contribution in [0.2, 0.25) is 5.02 Å². The fourth-order valence-corrected chi connectivity index (χ4v) is 2.56. The number of hydrogen-bond acceptors (Lipinski definition) is 1. The largest absolute Gasteiger partial charge is 0.369 e. The normalized spacial score (nSPS) is 24.5. The Morgan fingerprint density at radius 3 is 2.31 bits per heavy atom. The van der Waals surface area contributed by atoms with Gasteiger partial charge in [-0.2, -0.15) is 0 Å². The van der Waals surface area contributed by atoms with Crippen molar-refractivity contribution in [2.75, 3.05) is 6.61 Å². The summed E-state index contributed by atoms with van der Waals surface area (Å²) in [6.07, 6.45) is 2.13. The minimum Gasteiger partial charge on any atom is -0.369 e. The van der Waals surface area contributed by atoms with Crippen LogP contribution in [0.4, 0.5) is 0 Å². The van der Waals surface area contributed by atoms with Gasteiger partial charge in [-0.05, 0) is 30.5 Å². The molecule has 0 saturated carbocycles. The molecule has 0 radical (unpaired) electrons. The minimum absolute atomic E-state index is 0.104. The molecule has 0 aliphatic carbocycles. The number of ether oxygens (including phenoxy) is 1. The molecule has 0 N–H and O–H groups in total. The van der Waals surface area contributed by atoms with E-state index in [1.54, 1.807) is 0 Å². The molecule has 16 heavy (non-hydrogen) atoms. The standard InChI is InChI=1S/C14H19ClO/c1-4-14(10-16-14)13(2,3)9-11-5-7-12(15)8-6-11/h5-8H,4,9-10H2,1-3H3. The lowest BCUT2D eigenvalue weighted by Crippen LogP contribution is -2.34. The van der Waals surface area contributed by atoms with Crippen molar-refractivity contribution in [1.82, 2.24) is 0 Å². The van der Waals surface area contributed by atoms with Crippen molar-refractivity contribution in [3.05, 3.63) is 34.9 Å². The summed E-state index contributed by atoms with van der Waals surface area (Å²) in [6, 6.07) is 8.13. The second-order valence-electron chi connectivity index (χ2n) is 5.32. The molecule has 1 heterocycles. The van der Waals surface area contributed by atoms with Crippen LogP contribution in [0.25, 0.3) is 0 Å². The molecule has 1 aliphatic rings. The lowest BCUT2D eigenvalue weighted by molar-refractivity contribution is 0.132. The number of rotatable bonds is 4. The van der Waals surface area contributed by atoms with E-state index in [1.165, 1.54) is 5.56 Å². The lowest BCUT2D eigenvalue weighted by Gasteiger charge is -2.31. The second-order valence-corrected chi connectivity index (χ2v) is 5.76. The molecular formula is C14H19ClO. The summed E-state index contributed by atoms with van der Waals surface area (Å²) < 4.78 is 5.68. The molecule has 2 heteroatoms. The fourth-order valence-electron chi connectivity index (χ4n) is 2.43. The molecule has 1 atom stereocenters. The van der Waals surface area contributed by atoms with Gasteiger partial charge in [-0.1, -0.05) is 44.5 Å². The van der Waals surface area contributed by atoms with Gasteiger partial charge in [0, 0.05) is 10.4 Å². The molecule has 0 amide bonds. The number of epoxide rings is 1. The van der Waals surface area contributed by atoms with Crippen molar-refractivity contribution in [3.8, 4) is 0 Å². The maximum absolute atomic E-state index is 5.89. The minimum atomic E-state index is 0.104. The Hall–Kier alpha value is -0.530. The van der Waals surface area contributed by atoms with E-state index in [0.717, 1.165) is 24.5 Å². The predicted molar refractivity (Wildman–Crippen MR) is 67.9 cm³/mol. The van der Waals surface area contributed by atoms with Crippen LogP contribution in [-0.2, 0) is 11.2 Å². The third-order valence-corrected chi connectivity index (χ3v) is 4.11. The Morgan fingerprint density at radius 2 is 1.88 bits per heavy atom. The van der Waals surface area contributed by atoms with E-state index in [0.29, 0.717) is 0 Å². The van der Waals surface area contributed by atoms with Gasteiger partial charge < -0.3 is 4.74 Å². The molecule has 1 saturated heterocycles. The van der Waals surface area contributed by atoms with Crippen LogP contribution in [0, 0.1) is 5.41 Å². The first kappa shape index (κ1) is 11.9. The van der Waals surface area contributed by atoms with E-state index in [9.17, 15) is 0 Å². The van der Waals surface area contributed by atoms with Crippen LogP contribution in [0.1, 0.15) is 32.8 Å². The van der Waals surface area contributed by atoms with E-state index in [2.05, 4.69) is 32.9 Å². The molecule has 88 valence electrons. The van der Waals surface area contributed by atoms with Gasteiger partial charge in [0.05, 0.1) is 12.2 Å². The molecule has 1 nitrogen and oxygen atoms in total. The lowest BCUT2D eigenvalue weighted by atomic mass is 9.73. The predicted octanol–water partition coefficient (Wildman–Crippen LogP) is 4.09. The van der Waals surface area contributed by atoms with Crippen molar-refractivity contribution in [3.63, 3.8) is 0 Å². The average molecular weight is 239 g/mol. The third kappa shape index (κ3) is 2.11. The highest BCUT2D eigenvalue weighted by Gasteiger charge is 2.54. The quantitative estimate of drug-likeness (QED) is 0.720. The maximum Gasteiger partial charge on any atom is 0.0967 e. The summed E-state index contributed by atoms with van der Waals surface area (Å²) in [5.74, 6) is 0. The number of halogens is 1. The molecule has 1 aromatic rings. The summed E-state index contributed by atoms with van der Waals surface area (Å²) >= 11 is 5.89. The summed E-state index contributed by atoms with van der Waals surface area (Å²) in [6.45, 7) is 7.69. The highest BCUT2D eigenvalue weighted by atomic mass is 35.5. The second kappa shape index (κ2) is 4.05. The molecule has 2 rings (SSSR count). The fraction of sp³-hybridized carbons (Fsp3) is 0.571. The van der Waals surface area contributed by atoms with Crippen LogP contribution in [0.3, 0.4) is 0 Å². The van der Waals surface area contributed by atoms with E-state index in [4.69, 9.17) is 16.3 Å². The van der Waals surface area contributed by atoms with Gasteiger partial charge in [0.2, 0.25) is 0 Å². The summed E-state index contributed by atoms with van der Waals surface area (Å²) in [5.41, 5.74) is 1.63. The van der Waals surface area contributed by atoms with E-state index in [-0.39, 0.29) is 11.0 Å². The Balaban J connectivity index is 2.12. The van der Waals surface area contributed by atoms with Gasteiger partial charge in [-0.3, -0.25) is 0 Å². The topological polar surface area (TPSA) is 12.5 Å². The summed E-state index contributed by atoms with van der Waals surface area (Å²) in [5, 5.41) is 0.800. The van der Waals surface area contributed by atoms with Crippen molar-refractivity contribution >= 4 is 11.6 Å². The Labute approximate surface area is 103 Å². The van der Waals surface area contributed by atoms with Crippen LogP contribution >= 0.6 is 11.6 Å². The molecule has 1 aromatic carbocycles. The molecular weight excluding hydrogens is 220 g/mol. The van der Waals surface area contributed by atoms with Crippen molar-refractivity contribution in [2.45, 2.75) is 39.2 Å². The first-order valence-corrected chi connectivity index (χ1v) is 6.25. The Morgan fingerprint density at radius 1 is 1.31 bits per heavy atom. The van der Waals surface area contributed by atoms with Gasteiger partial charge in [0.25, 0.3) is 0 Å². The van der Waals surface area contributed by atoms with Gasteiger partial charge in [0.1, 0.15) is 0 Å². The molecule has 0 aromatic heterocycles. The Kier molecular flexibility index (Phi) is 3.02. The van der Waals surface area contributed by atoms with Crippen LogP contribution in [0.5, 0.6) is 0 Å². The van der Waals surface area contributed by atoms with Gasteiger partial charge in [0.15, 0.2) is 0 Å². The highest BCUT2D eigenvalue weighted by molar-refractivity contribution is 6.30. The zero-order valence-corrected chi connectivity index (χ0v) is 11.0. The third-order valence-electron chi connectivity index (χ3n) is 3.86. The summed E-state index contributed by atoms with van der Waals surface area (Å²) in [4.78, 5) is 0. The number of hydrogen-bond donors (Lipinski definition) is 0. The van der Waals surface area contributed by atoms with Crippen molar-refractivity contribution in [1.29, 1.82) is 0 Å². The maximum atomic E-state index is 5.89. The molecule has 0 spiro atoms. The SMILES string of the molecule is CCC1(C(C)(C)Cc2ccc(Cl)cc2)CO1. The monoisotopic (exact) mass is 238 g/mol. The van der Waals surface area contributed by atoms with Gasteiger partial charge in [-0.25, -0.2) is 0 Å².